The van der Waals surface area contributed by atoms with Gasteiger partial charge in [-0.05, 0) is 42.7 Å². The molecule has 1 amide bonds. The van der Waals surface area contributed by atoms with E-state index in [0.717, 1.165) is 9.20 Å². The molecule has 0 bridgehead atoms. The highest BCUT2D eigenvalue weighted by molar-refractivity contribution is 7.98. The van der Waals surface area contributed by atoms with Gasteiger partial charge in [-0.2, -0.15) is 4.31 Å². The average Bonchev–Trinajstić information content (AvgIpc) is 2.62. The summed E-state index contributed by atoms with van der Waals surface area (Å²) in [5.41, 5.74) is 0.491. The molecule has 0 fully saturated rings. The number of nitrogens with one attached hydrogen (secondary N) is 1. The van der Waals surface area contributed by atoms with Crippen molar-refractivity contribution < 1.29 is 17.9 Å². The maximum absolute atomic E-state index is 12.6. The quantitative estimate of drug-likeness (QED) is 0.748. The van der Waals surface area contributed by atoms with Crippen LogP contribution in [0.2, 0.25) is 0 Å². The van der Waals surface area contributed by atoms with Gasteiger partial charge in [0.25, 0.3) is 0 Å². The number of carbonyl (C=O) groups excluding carboxylic acids is 1. The second-order valence-corrected chi connectivity index (χ2v) is 8.11. The molecule has 0 aliphatic heterocycles. The highest BCUT2D eigenvalue weighted by atomic mass is 32.2. The van der Waals surface area contributed by atoms with Crippen LogP contribution in [-0.4, -0.2) is 45.6 Å². The number of nitrogens with zero attached hydrogens (tertiary/aromatic N) is 1. The average molecular weight is 380 g/mol. The first-order valence-electron chi connectivity index (χ1n) is 7.41. The number of sulfonamides is 1. The van der Waals surface area contributed by atoms with Gasteiger partial charge in [0, 0.05) is 11.9 Å². The fraction of sp³-hybridized carbons (Fsp3) is 0.235. The molecule has 8 heteroatoms. The third-order valence-electron chi connectivity index (χ3n) is 3.51. The Hall–Kier alpha value is -2.03. The summed E-state index contributed by atoms with van der Waals surface area (Å²) in [5, 5.41) is 2.66. The second kappa shape index (κ2) is 8.37. The van der Waals surface area contributed by atoms with Crippen LogP contribution in [0, 0.1) is 0 Å². The van der Waals surface area contributed by atoms with E-state index >= 15 is 0 Å². The summed E-state index contributed by atoms with van der Waals surface area (Å²) in [6.45, 7) is -0.301. The van der Waals surface area contributed by atoms with Gasteiger partial charge in [0.15, 0.2) is 0 Å². The highest BCUT2D eigenvalue weighted by Crippen LogP contribution is 2.23. The SMILES string of the molecule is COc1ccccc1NC(=O)CN(C)S(=O)(=O)c1ccc(SC)cc1. The minimum atomic E-state index is -3.74. The molecule has 0 spiro atoms. The lowest BCUT2D eigenvalue weighted by Gasteiger charge is -2.17. The Labute approximate surface area is 152 Å². The van der Waals surface area contributed by atoms with Crippen LogP contribution in [0.15, 0.2) is 58.3 Å². The molecule has 134 valence electrons. The van der Waals surface area contributed by atoms with E-state index in [0.29, 0.717) is 11.4 Å². The van der Waals surface area contributed by atoms with E-state index in [4.69, 9.17) is 4.74 Å². The van der Waals surface area contributed by atoms with Crippen LogP contribution in [0.1, 0.15) is 0 Å². The van der Waals surface area contributed by atoms with Crippen molar-refractivity contribution in [1.29, 1.82) is 0 Å². The van der Waals surface area contributed by atoms with Gasteiger partial charge in [-0.15, -0.1) is 11.8 Å². The summed E-state index contributed by atoms with van der Waals surface area (Å²) in [7, 11) is -0.861. The lowest BCUT2D eigenvalue weighted by atomic mass is 10.3. The van der Waals surface area contributed by atoms with Crippen molar-refractivity contribution >= 4 is 33.4 Å². The van der Waals surface area contributed by atoms with Crippen LogP contribution in [0.3, 0.4) is 0 Å². The minimum absolute atomic E-state index is 0.151. The van der Waals surface area contributed by atoms with E-state index in [-0.39, 0.29) is 11.4 Å². The van der Waals surface area contributed by atoms with Crippen molar-refractivity contribution in [2.45, 2.75) is 9.79 Å². The van der Waals surface area contributed by atoms with Crippen molar-refractivity contribution in [3.63, 3.8) is 0 Å². The highest BCUT2D eigenvalue weighted by Gasteiger charge is 2.23. The van der Waals surface area contributed by atoms with E-state index in [9.17, 15) is 13.2 Å². The van der Waals surface area contributed by atoms with Gasteiger partial charge in [-0.25, -0.2) is 8.42 Å². The Kier molecular flexibility index (Phi) is 6.46. The number of anilines is 1. The number of thioether (sulfide) groups is 1. The molecule has 0 saturated carbocycles. The number of para-hydroxylation sites is 2. The van der Waals surface area contributed by atoms with Gasteiger partial charge in [0.1, 0.15) is 5.75 Å². The van der Waals surface area contributed by atoms with E-state index < -0.39 is 15.9 Å². The van der Waals surface area contributed by atoms with Crippen molar-refractivity contribution in [1.82, 2.24) is 4.31 Å². The van der Waals surface area contributed by atoms with Gasteiger partial charge < -0.3 is 10.1 Å². The fourth-order valence-electron chi connectivity index (χ4n) is 2.15. The number of hydrogen-bond acceptors (Lipinski definition) is 5. The Balaban J connectivity index is 2.09. The van der Waals surface area contributed by atoms with Crippen LogP contribution in [0.25, 0.3) is 0 Å². The van der Waals surface area contributed by atoms with E-state index in [1.807, 2.05) is 6.26 Å². The molecule has 2 rings (SSSR count). The second-order valence-electron chi connectivity index (χ2n) is 5.19. The summed E-state index contributed by atoms with van der Waals surface area (Å²) in [6.07, 6.45) is 1.91. The third-order valence-corrected chi connectivity index (χ3v) is 6.08. The zero-order chi connectivity index (χ0) is 18.4. The molecule has 25 heavy (non-hydrogen) atoms. The molecule has 0 aliphatic carbocycles. The van der Waals surface area contributed by atoms with E-state index in [2.05, 4.69) is 5.32 Å². The number of carbonyl (C=O) groups is 1. The number of rotatable bonds is 7. The number of amides is 1. The number of methoxy groups -OCH3 is 1. The molecule has 0 aromatic heterocycles. The predicted octanol–water partition coefficient (Wildman–Crippen LogP) is 2.68. The Morgan fingerprint density at radius 3 is 2.40 bits per heavy atom. The molecule has 2 aromatic carbocycles. The molecule has 0 saturated heterocycles. The van der Waals surface area contributed by atoms with Crippen molar-refractivity contribution in [2.24, 2.45) is 0 Å². The molecule has 0 atom stereocenters. The van der Waals surface area contributed by atoms with Crippen LogP contribution in [0.5, 0.6) is 5.75 Å². The largest absolute Gasteiger partial charge is 0.495 e. The molecule has 0 unspecified atom stereocenters. The van der Waals surface area contributed by atoms with Crippen molar-refractivity contribution in [3.8, 4) is 5.75 Å². The molecule has 1 N–H and O–H groups in total. The van der Waals surface area contributed by atoms with Gasteiger partial charge >= 0.3 is 0 Å². The number of benzene rings is 2. The lowest BCUT2D eigenvalue weighted by Crippen LogP contribution is -2.35. The van der Waals surface area contributed by atoms with Gasteiger partial charge in [-0.1, -0.05) is 12.1 Å². The van der Waals surface area contributed by atoms with Gasteiger partial charge in [0.2, 0.25) is 15.9 Å². The normalized spacial score (nSPS) is 11.4. The van der Waals surface area contributed by atoms with Crippen molar-refractivity contribution in [2.75, 3.05) is 32.3 Å². The van der Waals surface area contributed by atoms with Crippen LogP contribution < -0.4 is 10.1 Å². The zero-order valence-corrected chi connectivity index (χ0v) is 15.9. The Morgan fingerprint density at radius 2 is 1.80 bits per heavy atom. The first-order valence-corrected chi connectivity index (χ1v) is 10.1. The van der Waals surface area contributed by atoms with Gasteiger partial charge in [0.05, 0.1) is 24.2 Å². The summed E-state index contributed by atoms with van der Waals surface area (Å²) >= 11 is 1.53. The first kappa shape index (κ1) is 19.3. The zero-order valence-electron chi connectivity index (χ0n) is 14.2. The molecular formula is C17H20N2O4S2. The van der Waals surface area contributed by atoms with E-state index in [1.54, 1.807) is 36.4 Å². The maximum atomic E-state index is 12.6. The molecule has 0 heterocycles. The summed E-state index contributed by atoms with van der Waals surface area (Å²) in [6, 6.07) is 13.5. The molecule has 2 aromatic rings. The summed E-state index contributed by atoms with van der Waals surface area (Å²) in [4.78, 5) is 13.3. The lowest BCUT2D eigenvalue weighted by molar-refractivity contribution is -0.116. The molecule has 0 radical (unpaired) electrons. The third kappa shape index (κ3) is 4.75. The minimum Gasteiger partial charge on any atom is -0.495 e. The molecular weight excluding hydrogens is 360 g/mol. The van der Waals surface area contributed by atoms with Crippen LogP contribution in [0.4, 0.5) is 5.69 Å². The standard InChI is InChI=1S/C17H20N2O4S2/c1-19(25(21,22)14-10-8-13(24-3)9-11-14)12-17(20)18-15-6-4-5-7-16(15)23-2/h4-11H,12H2,1-3H3,(H,18,20). The molecule has 6 nitrogen and oxygen atoms in total. The Bertz CT molecular complexity index is 836. The number of likely N-dealkylation sites (N-methyl/N-ethyl adjacent to an activating group) is 1. The fourth-order valence-corrected chi connectivity index (χ4v) is 3.69. The molecule has 0 aliphatic rings. The van der Waals surface area contributed by atoms with Crippen LogP contribution in [-0.2, 0) is 14.8 Å². The Morgan fingerprint density at radius 1 is 1.16 bits per heavy atom. The van der Waals surface area contributed by atoms with Crippen LogP contribution >= 0.6 is 11.8 Å². The monoisotopic (exact) mass is 380 g/mol. The summed E-state index contributed by atoms with van der Waals surface area (Å²) < 4.78 is 31.3. The number of hydrogen-bond donors (Lipinski definition) is 1. The predicted molar refractivity (Wildman–Crippen MR) is 99.7 cm³/mol. The topological polar surface area (TPSA) is 75.7 Å². The number of ether oxygens (including phenoxy) is 1. The van der Waals surface area contributed by atoms with Crippen molar-refractivity contribution in [3.05, 3.63) is 48.5 Å². The van der Waals surface area contributed by atoms with Gasteiger partial charge in [-0.3, -0.25) is 4.79 Å². The smallest absolute Gasteiger partial charge is 0.243 e. The first-order chi connectivity index (χ1) is 11.9. The maximum Gasteiger partial charge on any atom is 0.243 e. The summed E-state index contributed by atoms with van der Waals surface area (Å²) in [5.74, 6) is 0.0605. The van der Waals surface area contributed by atoms with E-state index in [1.165, 1.54) is 38.1 Å².